The molecule has 1 heterocycles. The molecule has 1 aliphatic heterocycles. The second-order valence-electron chi connectivity index (χ2n) is 3.69. The predicted molar refractivity (Wildman–Crippen MR) is 55.5 cm³/mol. The topological polar surface area (TPSA) is 27.1 Å². The molecular formula is C11H12F2N2. The van der Waals surface area contributed by atoms with E-state index in [1.807, 2.05) is 0 Å². The molecule has 0 radical (unpaired) electrons. The average Bonchev–Trinajstić information content (AvgIpc) is 2.23. The van der Waals surface area contributed by atoms with Crippen LogP contribution < -0.4 is 4.90 Å². The molecule has 0 spiro atoms. The molecule has 4 heteroatoms. The molecule has 1 aromatic rings. The molecule has 2 nitrogen and oxygen atoms in total. The first-order valence-electron chi connectivity index (χ1n) is 4.93. The van der Waals surface area contributed by atoms with Crippen LogP contribution in [0.5, 0.6) is 0 Å². The SMILES string of the molecule is N=C1CCN(c2cc(F)ccc2F)CC1. The molecule has 0 amide bonds. The van der Waals surface area contributed by atoms with E-state index in [0.717, 1.165) is 12.1 Å². The van der Waals surface area contributed by atoms with Crippen molar-refractivity contribution < 1.29 is 8.78 Å². The van der Waals surface area contributed by atoms with Gasteiger partial charge in [0.15, 0.2) is 0 Å². The van der Waals surface area contributed by atoms with Crippen LogP contribution in [-0.4, -0.2) is 18.8 Å². The van der Waals surface area contributed by atoms with E-state index in [-0.39, 0.29) is 0 Å². The zero-order chi connectivity index (χ0) is 10.8. The summed E-state index contributed by atoms with van der Waals surface area (Å²) in [5, 5.41) is 7.44. The molecule has 0 unspecified atom stereocenters. The molecule has 1 N–H and O–H groups in total. The second-order valence-corrected chi connectivity index (χ2v) is 3.69. The molecule has 1 aromatic carbocycles. The molecule has 1 saturated heterocycles. The lowest BCUT2D eigenvalue weighted by molar-refractivity contribution is 0.590. The fraction of sp³-hybridized carbons (Fsp3) is 0.364. The van der Waals surface area contributed by atoms with Crippen LogP contribution in [0.1, 0.15) is 12.8 Å². The largest absolute Gasteiger partial charge is 0.368 e. The Bertz CT molecular complexity index is 380. The first-order valence-corrected chi connectivity index (χ1v) is 4.93. The summed E-state index contributed by atoms with van der Waals surface area (Å²) in [5.74, 6) is -0.822. The van der Waals surface area contributed by atoms with Gasteiger partial charge in [0.2, 0.25) is 0 Å². The Hall–Kier alpha value is -1.45. The van der Waals surface area contributed by atoms with E-state index in [0.29, 0.717) is 37.3 Å². The van der Waals surface area contributed by atoms with Crippen LogP contribution in [0.4, 0.5) is 14.5 Å². The Labute approximate surface area is 87.0 Å². The lowest BCUT2D eigenvalue weighted by Crippen LogP contribution is -2.34. The van der Waals surface area contributed by atoms with Gasteiger partial charge in [0.05, 0.1) is 5.69 Å². The highest BCUT2D eigenvalue weighted by molar-refractivity contribution is 5.83. The van der Waals surface area contributed by atoms with Crippen LogP contribution in [0.25, 0.3) is 0 Å². The van der Waals surface area contributed by atoms with Crippen molar-refractivity contribution in [2.75, 3.05) is 18.0 Å². The minimum absolute atomic E-state index is 0.308. The molecule has 80 valence electrons. The van der Waals surface area contributed by atoms with Crippen LogP contribution in [0, 0.1) is 17.0 Å². The van der Waals surface area contributed by atoms with Gasteiger partial charge in [-0.15, -0.1) is 0 Å². The third-order valence-electron chi connectivity index (χ3n) is 2.62. The summed E-state index contributed by atoms with van der Waals surface area (Å²) >= 11 is 0. The minimum Gasteiger partial charge on any atom is -0.368 e. The second kappa shape index (κ2) is 3.96. The maximum Gasteiger partial charge on any atom is 0.146 e. The van der Waals surface area contributed by atoms with Crippen molar-refractivity contribution >= 4 is 11.4 Å². The zero-order valence-electron chi connectivity index (χ0n) is 8.26. The Kier molecular flexibility index (Phi) is 2.66. The molecule has 1 aliphatic rings. The normalized spacial score (nSPS) is 16.9. The Balaban J connectivity index is 2.21. The van der Waals surface area contributed by atoms with Gasteiger partial charge < -0.3 is 10.3 Å². The van der Waals surface area contributed by atoms with E-state index in [2.05, 4.69) is 0 Å². The number of benzene rings is 1. The highest BCUT2D eigenvalue weighted by Gasteiger charge is 2.17. The molecule has 15 heavy (non-hydrogen) atoms. The van der Waals surface area contributed by atoms with Crippen LogP contribution in [0.15, 0.2) is 18.2 Å². The van der Waals surface area contributed by atoms with E-state index < -0.39 is 11.6 Å². The van der Waals surface area contributed by atoms with Gasteiger partial charge >= 0.3 is 0 Å². The molecule has 0 saturated carbocycles. The smallest absolute Gasteiger partial charge is 0.146 e. The molecule has 0 aliphatic carbocycles. The highest BCUT2D eigenvalue weighted by Crippen LogP contribution is 2.23. The lowest BCUT2D eigenvalue weighted by atomic mass is 10.1. The summed E-state index contributed by atoms with van der Waals surface area (Å²) in [5.41, 5.74) is 0.991. The van der Waals surface area contributed by atoms with Crippen molar-refractivity contribution in [3.8, 4) is 0 Å². The molecule has 0 atom stereocenters. The number of hydrogen-bond donors (Lipinski definition) is 1. The van der Waals surface area contributed by atoms with Crippen LogP contribution in [0.2, 0.25) is 0 Å². The van der Waals surface area contributed by atoms with Gasteiger partial charge in [-0.05, 0) is 12.1 Å². The van der Waals surface area contributed by atoms with Crippen molar-refractivity contribution in [2.45, 2.75) is 12.8 Å². The van der Waals surface area contributed by atoms with Crippen molar-refractivity contribution in [2.24, 2.45) is 0 Å². The number of anilines is 1. The number of piperidine rings is 1. The number of nitrogens with one attached hydrogen (secondary N) is 1. The summed E-state index contributed by atoms with van der Waals surface area (Å²) < 4.78 is 26.3. The molecule has 1 fully saturated rings. The quantitative estimate of drug-likeness (QED) is 0.757. The van der Waals surface area contributed by atoms with Gasteiger partial charge in [-0.3, -0.25) is 0 Å². The predicted octanol–water partition coefficient (Wildman–Crippen LogP) is 2.58. The molecule has 0 bridgehead atoms. The summed E-state index contributed by atoms with van der Waals surface area (Å²) in [7, 11) is 0. The van der Waals surface area contributed by atoms with Gasteiger partial charge in [0, 0.05) is 37.7 Å². The maximum atomic E-state index is 13.4. The summed E-state index contributed by atoms with van der Waals surface area (Å²) in [6, 6.07) is 3.47. The number of nitrogens with zero attached hydrogens (tertiary/aromatic N) is 1. The monoisotopic (exact) mass is 210 g/mol. The summed E-state index contributed by atoms with van der Waals surface area (Å²) in [6.07, 6.45) is 1.27. The van der Waals surface area contributed by atoms with Gasteiger partial charge in [0.1, 0.15) is 11.6 Å². The molecular weight excluding hydrogens is 198 g/mol. The zero-order valence-corrected chi connectivity index (χ0v) is 8.26. The third-order valence-corrected chi connectivity index (χ3v) is 2.62. The van der Waals surface area contributed by atoms with Crippen molar-refractivity contribution in [1.82, 2.24) is 0 Å². The average molecular weight is 210 g/mol. The lowest BCUT2D eigenvalue weighted by Gasteiger charge is -2.29. The fourth-order valence-corrected chi connectivity index (χ4v) is 1.75. The van der Waals surface area contributed by atoms with E-state index in [1.54, 1.807) is 4.90 Å². The third kappa shape index (κ3) is 2.14. The van der Waals surface area contributed by atoms with Crippen LogP contribution >= 0.6 is 0 Å². The van der Waals surface area contributed by atoms with Crippen molar-refractivity contribution in [3.05, 3.63) is 29.8 Å². The fourth-order valence-electron chi connectivity index (χ4n) is 1.75. The minimum atomic E-state index is -0.424. The molecule has 2 rings (SSSR count). The Morgan fingerprint density at radius 1 is 1.13 bits per heavy atom. The highest BCUT2D eigenvalue weighted by atomic mass is 19.1. The Morgan fingerprint density at radius 3 is 2.47 bits per heavy atom. The standard InChI is InChI=1S/C11H12F2N2/c12-8-1-2-10(13)11(7-8)15-5-3-9(14)4-6-15/h1-2,7,14H,3-6H2. The number of hydrogen-bond acceptors (Lipinski definition) is 2. The van der Waals surface area contributed by atoms with E-state index in [1.165, 1.54) is 6.07 Å². The van der Waals surface area contributed by atoms with E-state index >= 15 is 0 Å². The van der Waals surface area contributed by atoms with E-state index in [4.69, 9.17) is 5.41 Å². The van der Waals surface area contributed by atoms with Gasteiger partial charge in [-0.1, -0.05) is 0 Å². The van der Waals surface area contributed by atoms with Gasteiger partial charge in [0.25, 0.3) is 0 Å². The molecule has 0 aromatic heterocycles. The first kappa shape index (κ1) is 10.1. The van der Waals surface area contributed by atoms with Crippen molar-refractivity contribution in [3.63, 3.8) is 0 Å². The first-order chi connectivity index (χ1) is 7.16. The van der Waals surface area contributed by atoms with Crippen LogP contribution in [0.3, 0.4) is 0 Å². The maximum absolute atomic E-state index is 13.4. The number of halogens is 2. The van der Waals surface area contributed by atoms with Gasteiger partial charge in [-0.25, -0.2) is 8.78 Å². The van der Waals surface area contributed by atoms with Crippen molar-refractivity contribution in [1.29, 1.82) is 5.41 Å². The number of rotatable bonds is 1. The van der Waals surface area contributed by atoms with E-state index in [9.17, 15) is 8.78 Å². The van der Waals surface area contributed by atoms with Gasteiger partial charge in [-0.2, -0.15) is 0 Å². The summed E-state index contributed by atoms with van der Waals surface area (Å²) in [4.78, 5) is 1.79. The summed E-state index contributed by atoms with van der Waals surface area (Å²) in [6.45, 7) is 1.19. The Morgan fingerprint density at radius 2 is 1.80 bits per heavy atom. The van der Waals surface area contributed by atoms with Crippen LogP contribution in [-0.2, 0) is 0 Å².